The Hall–Kier alpha value is -3.54. The maximum absolute atomic E-state index is 6.09. The molecule has 6 heteroatoms. The van der Waals surface area contributed by atoms with Crippen molar-refractivity contribution in [3.63, 3.8) is 0 Å². The van der Waals surface area contributed by atoms with Gasteiger partial charge in [0.2, 0.25) is 11.7 Å². The molecule has 0 radical (unpaired) electrons. The van der Waals surface area contributed by atoms with E-state index in [0.717, 1.165) is 17.4 Å². The number of benzene rings is 2. The molecule has 0 unspecified atom stereocenters. The Labute approximate surface area is 150 Å². The number of rotatable bonds is 2. The fraction of sp³-hybridized carbons (Fsp3) is 0.100. The average Bonchev–Trinajstić information content (AvgIpc) is 3.04. The van der Waals surface area contributed by atoms with Gasteiger partial charge in [-0.25, -0.2) is 0 Å². The zero-order valence-corrected chi connectivity index (χ0v) is 14.0. The Morgan fingerprint density at radius 3 is 2.27 bits per heavy atom. The van der Waals surface area contributed by atoms with Crippen molar-refractivity contribution in [2.75, 3.05) is 16.4 Å². The van der Waals surface area contributed by atoms with E-state index in [-0.39, 0.29) is 5.95 Å². The number of nitrogens with two attached hydrogens (primary N) is 2. The second-order valence-electron chi connectivity index (χ2n) is 6.43. The van der Waals surface area contributed by atoms with Gasteiger partial charge in [0.05, 0.1) is 18.2 Å². The molecule has 0 aliphatic carbocycles. The van der Waals surface area contributed by atoms with Crippen LogP contribution in [0.25, 0.3) is 11.1 Å². The molecule has 0 amide bonds. The predicted octanol–water partition coefficient (Wildman–Crippen LogP) is 3.63. The van der Waals surface area contributed by atoms with Crippen LogP contribution in [0.5, 0.6) is 0 Å². The molecule has 6 nitrogen and oxygen atoms in total. The van der Waals surface area contributed by atoms with Crippen molar-refractivity contribution in [1.82, 2.24) is 9.97 Å². The van der Waals surface area contributed by atoms with Gasteiger partial charge in [-0.3, -0.25) is 0 Å². The Morgan fingerprint density at radius 1 is 0.923 bits per heavy atom. The third-order valence-corrected chi connectivity index (χ3v) is 4.83. The SMILES string of the molecule is Nc1nc(N)c2c(CN3c4ccccc4Cc4ccccc43)coc2n1. The summed E-state index contributed by atoms with van der Waals surface area (Å²) in [5, 5.41) is 0.722. The molecular formula is C20H17N5O. The first kappa shape index (κ1) is 14.8. The van der Waals surface area contributed by atoms with Crippen LogP contribution in [0.3, 0.4) is 0 Å². The van der Waals surface area contributed by atoms with Crippen molar-refractivity contribution in [3.8, 4) is 0 Å². The van der Waals surface area contributed by atoms with Crippen LogP contribution in [0.2, 0.25) is 0 Å². The summed E-state index contributed by atoms with van der Waals surface area (Å²) >= 11 is 0. The monoisotopic (exact) mass is 343 g/mol. The number of fused-ring (bicyclic) bond motifs is 3. The lowest BCUT2D eigenvalue weighted by Crippen LogP contribution is -2.22. The molecular weight excluding hydrogens is 326 g/mol. The summed E-state index contributed by atoms with van der Waals surface area (Å²) < 4.78 is 5.59. The lowest BCUT2D eigenvalue weighted by atomic mass is 9.95. The summed E-state index contributed by atoms with van der Waals surface area (Å²) in [5.41, 5.74) is 18.1. The first-order valence-corrected chi connectivity index (χ1v) is 8.43. The molecule has 4 aromatic rings. The van der Waals surface area contributed by atoms with Crippen LogP contribution in [0.1, 0.15) is 16.7 Å². The topological polar surface area (TPSA) is 94.2 Å². The van der Waals surface area contributed by atoms with Gasteiger partial charge in [-0.2, -0.15) is 9.97 Å². The minimum Gasteiger partial charge on any atom is -0.446 e. The first-order chi connectivity index (χ1) is 12.7. The Morgan fingerprint density at radius 2 is 1.58 bits per heavy atom. The van der Waals surface area contributed by atoms with Crippen molar-refractivity contribution in [2.45, 2.75) is 13.0 Å². The van der Waals surface area contributed by atoms with Crippen LogP contribution >= 0.6 is 0 Å². The largest absolute Gasteiger partial charge is 0.446 e. The van der Waals surface area contributed by atoms with Gasteiger partial charge in [-0.15, -0.1) is 0 Å². The van der Waals surface area contributed by atoms with E-state index in [1.807, 2.05) is 0 Å². The smallest absolute Gasteiger partial charge is 0.233 e. The quantitative estimate of drug-likeness (QED) is 0.577. The molecule has 128 valence electrons. The van der Waals surface area contributed by atoms with E-state index in [2.05, 4.69) is 63.4 Å². The summed E-state index contributed by atoms with van der Waals surface area (Å²) in [4.78, 5) is 10.5. The fourth-order valence-corrected chi connectivity index (χ4v) is 3.69. The molecule has 3 heterocycles. The standard InChI is InChI=1S/C20H17N5O/c21-18-17-14(11-26-19(17)24-20(22)23-18)10-25-15-7-3-1-5-12(15)9-13-6-2-4-8-16(13)25/h1-8,11H,9-10H2,(H4,21,22,23,24). The van der Waals surface area contributed by atoms with Crippen LogP contribution in [0, 0.1) is 0 Å². The average molecular weight is 343 g/mol. The number of anilines is 4. The summed E-state index contributed by atoms with van der Waals surface area (Å²) in [6, 6.07) is 16.9. The third kappa shape index (κ3) is 2.19. The molecule has 1 aliphatic rings. The maximum Gasteiger partial charge on any atom is 0.233 e. The Kier molecular flexibility index (Phi) is 3.12. The Bertz CT molecular complexity index is 1090. The van der Waals surface area contributed by atoms with Gasteiger partial charge in [0, 0.05) is 23.4 Å². The highest BCUT2D eigenvalue weighted by Crippen LogP contribution is 2.40. The summed E-state index contributed by atoms with van der Waals surface area (Å²) in [6.45, 7) is 0.610. The van der Waals surface area contributed by atoms with Crippen LogP contribution in [0.15, 0.2) is 59.2 Å². The van der Waals surface area contributed by atoms with Crippen molar-refractivity contribution in [3.05, 3.63) is 71.5 Å². The number of nitrogens with zero attached hydrogens (tertiary/aromatic N) is 3. The minimum absolute atomic E-state index is 0.115. The van der Waals surface area contributed by atoms with E-state index in [1.165, 1.54) is 22.5 Å². The van der Waals surface area contributed by atoms with E-state index in [9.17, 15) is 0 Å². The van der Waals surface area contributed by atoms with Crippen molar-refractivity contribution >= 4 is 34.2 Å². The summed E-state index contributed by atoms with van der Waals surface area (Å²) in [5.74, 6) is 0.458. The highest BCUT2D eigenvalue weighted by Gasteiger charge is 2.24. The molecule has 0 fully saturated rings. The number of para-hydroxylation sites is 2. The molecule has 4 N–H and O–H groups in total. The van der Waals surface area contributed by atoms with Gasteiger partial charge in [-0.05, 0) is 23.3 Å². The van der Waals surface area contributed by atoms with E-state index >= 15 is 0 Å². The molecule has 0 atom stereocenters. The molecule has 2 aromatic carbocycles. The van der Waals surface area contributed by atoms with Crippen LogP contribution in [-0.4, -0.2) is 9.97 Å². The van der Waals surface area contributed by atoms with E-state index in [4.69, 9.17) is 15.9 Å². The maximum atomic E-state index is 6.09. The molecule has 0 saturated heterocycles. The second-order valence-corrected chi connectivity index (χ2v) is 6.43. The number of hydrogen-bond acceptors (Lipinski definition) is 6. The van der Waals surface area contributed by atoms with Crippen molar-refractivity contribution in [1.29, 1.82) is 0 Å². The zero-order valence-electron chi connectivity index (χ0n) is 14.0. The third-order valence-electron chi connectivity index (χ3n) is 4.83. The summed E-state index contributed by atoms with van der Waals surface area (Å²) in [7, 11) is 0. The van der Waals surface area contributed by atoms with Gasteiger partial charge in [0.1, 0.15) is 5.82 Å². The van der Waals surface area contributed by atoms with E-state index < -0.39 is 0 Å². The number of nitrogen functional groups attached to an aromatic ring is 2. The molecule has 0 saturated carbocycles. The second kappa shape index (κ2) is 5.49. The zero-order chi connectivity index (χ0) is 17.7. The first-order valence-electron chi connectivity index (χ1n) is 8.43. The highest BCUT2D eigenvalue weighted by molar-refractivity contribution is 5.89. The van der Waals surface area contributed by atoms with E-state index in [1.54, 1.807) is 6.26 Å². The number of aromatic nitrogens is 2. The Balaban J connectivity index is 1.66. The van der Waals surface area contributed by atoms with Gasteiger partial charge in [-0.1, -0.05) is 36.4 Å². The fourth-order valence-electron chi connectivity index (χ4n) is 3.69. The van der Waals surface area contributed by atoms with Gasteiger partial charge in [0.15, 0.2) is 0 Å². The van der Waals surface area contributed by atoms with Gasteiger partial charge < -0.3 is 20.8 Å². The molecule has 2 aromatic heterocycles. The van der Waals surface area contributed by atoms with Crippen molar-refractivity contribution < 1.29 is 4.42 Å². The molecule has 26 heavy (non-hydrogen) atoms. The molecule has 1 aliphatic heterocycles. The molecule has 5 rings (SSSR count). The highest BCUT2D eigenvalue weighted by atomic mass is 16.3. The predicted molar refractivity (Wildman–Crippen MR) is 102 cm³/mol. The molecule has 0 bridgehead atoms. The van der Waals surface area contributed by atoms with Crippen molar-refractivity contribution in [2.24, 2.45) is 0 Å². The number of hydrogen-bond donors (Lipinski definition) is 2. The lowest BCUT2D eigenvalue weighted by molar-refractivity contribution is 0.598. The normalized spacial score (nSPS) is 12.8. The van der Waals surface area contributed by atoms with Gasteiger partial charge in [0.25, 0.3) is 0 Å². The summed E-state index contributed by atoms with van der Waals surface area (Å²) in [6.07, 6.45) is 2.62. The van der Waals surface area contributed by atoms with E-state index in [0.29, 0.717) is 18.1 Å². The lowest BCUT2D eigenvalue weighted by Gasteiger charge is -2.33. The van der Waals surface area contributed by atoms with Crippen LogP contribution in [-0.2, 0) is 13.0 Å². The minimum atomic E-state index is 0.115. The number of furan rings is 1. The van der Waals surface area contributed by atoms with Gasteiger partial charge >= 0.3 is 0 Å². The molecule has 0 spiro atoms. The van der Waals surface area contributed by atoms with Crippen LogP contribution in [0.4, 0.5) is 23.1 Å². The van der Waals surface area contributed by atoms with Crippen LogP contribution < -0.4 is 16.4 Å².